The molecule has 0 aliphatic carbocycles. The Kier molecular flexibility index (Phi) is 5.56. The first-order valence-electron chi connectivity index (χ1n) is 7.99. The lowest BCUT2D eigenvalue weighted by Gasteiger charge is -2.15. The number of carbonyl (C=O) groups excluding carboxylic acids is 2. The van der Waals surface area contributed by atoms with Crippen LogP contribution in [0.3, 0.4) is 0 Å². The smallest absolute Gasteiger partial charge is 0.349 e. The van der Waals surface area contributed by atoms with E-state index in [1.165, 1.54) is 13.0 Å². The van der Waals surface area contributed by atoms with Crippen LogP contribution in [0, 0.1) is 0 Å². The van der Waals surface area contributed by atoms with Gasteiger partial charge in [-0.25, -0.2) is 4.79 Å². The normalized spacial score (nSPS) is 11.6. The van der Waals surface area contributed by atoms with Crippen LogP contribution in [-0.2, 0) is 4.79 Å². The summed E-state index contributed by atoms with van der Waals surface area (Å²) in [6.07, 6.45) is -0.862. The van der Waals surface area contributed by atoms with Crippen molar-refractivity contribution in [1.29, 1.82) is 0 Å². The molecule has 7 nitrogen and oxygen atoms in total. The van der Waals surface area contributed by atoms with Crippen molar-refractivity contribution in [2.24, 2.45) is 0 Å². The molecule has 0 aliphatic rings. The molecule has 0 radical (unpaired) electrons. The molecule has 8 heteroatoms. The average Bonchev–Trinajstić information content (AvgIpc) is 2.67. The molecule has 2 N–H and O–H groups in total. The van der Waals surface area contributed by atoms with Crippen molar-refractivity contribution in [3.8, 4) is 5.75 Å². The Labute approximate surface area is 162 Å². The van der Waals surface area contributed by atoms with Crippen LogP contribution >= 0.6 is 15.9 Å². The predicted molar refractivity (Wildman–Crippen MR) is 102 cm³/mol. The Morgan fingerprint density at radius 1 is 1.07 bits per heavy atom. The third kappa shape index (κ3) is 4.53. The summed E-state index contributed by atoms with van der Waals surface area (Å²) in [6.45, 7) is 1.54. The minimum atomic E-state index is -0.862. The van der Waals surface area contributed by atoms with E-state index in [0.29, 0.717) is 16.7 Å². The second-order valence-corrected chi connectivity index (χ2v) is 6.56. The molecule has 0 fully saturated rings. The summed E-state index contributed by atoms with van der Waals surface area (Å²) >= 11 is 3.31. The van der Waals surface area contributed by atoms with Gasteiger partial charge in [-0.2, -0.15) is 0 Å². The average molecular weight is 431 g/mol. The van der Waals surface area contributed by atoms with Crippen LogP contribution in [0.2, 0.25) is 0 Å². The van der Waals surface area contributed by atoms with Crippen molar-refractivity contribution < 1.29 is 18.7 Å². The molecule has 2 aromatic carbocycles. The van der Waals surface area contributed by atoms with E-state index in [9.17, 15) is 14.4 Å². The maximum absolute atomic E-state index is 12.2. The molecule has 3 aromatic rings. The van der Waals surface area contributed by atoms with E-state index in [1.54, 1.807) is 48.5 Å². The number of rotatable bonds is 4. The van der Waals surface area contributed by atoms with E-state index in [-0.39, 0.29) is 5.56 Å². The summed E-state index contributed by atoms with van der Waals surface area (Å²) in [5.41, 5.74) is 3.80. The van der Waals surface area contributed by atoms with Crippen LogP contribution in [-0.4, -0.2) is 17.9 Å². The minimum absolute atomic E-state index is 0.213. The van der Waals surface area contributed by atoms with Gasteiger partial charge in [-0.05, 0) is 43.3 Å². The molecular formula is C19H15BrN2O5. The first kappa shape index (κ1) is 18.7. The number of para-hydroxylation sites is 1. The monoisotopic (exact) mass is 430 g/mol. The zero-order chi connectivity index (χ0) is 19.4. The highest BCUT2D eigenvalue weighted by atomic mass is 79.9. The number of halogens is 1. The summed E-state index contributed by atoms with van der Waals surface area (Å²) in [4.78, 5) is 36.2. The van der Waals surface area contributed by atoms with Gasteiger partial charge in [0.2, 0.25) is 0 Å². The van der Waals surface area contributed by atoms with Gasteiger partial charge in [0.25, 0.3) is 11.8 Å². The number of hydrogen-bond acceptors (Lipinski definition) is 5. The number of benzene rings is 2. The van der Waals surface area contributed by atoms with Gasteiger partial charge in [0.15, 0.2) is 6.10 Å². The molecule has 0 bridgehead atoms. The number of ether oxygens (including phenoxy) is 1. The van der Waals surface area contributed by atoms with E-state index in [2.05, 4.69) is 26.8 Å². The first-order chi connectivity index (χ1) is 12.9. The maximum Gasteiger partial charge on any atom is 0.349 e. The van der Waals surface area contributed by atoms with Crippen LogP contribution in [0.5, 0.6) is 5.75 Å². The highest BCUT2D eigenvalue weighted by molar-refractivity contribution is 9.10. The summed E-state index contributed by atoms with van der Waals surface area (Å²) in [7, 11) is 0. The quantitative estimate of drug-likeness (QED) is 0.489. The Morgan fingerprint density at radius 3 is 2.52 bits per heavy atom. The lowest BCUT2D eigenvalue weighted by Crippen LogP contribution is -2.48. The fraction of sp³-hybridized carbons (Fsp3) is 0.105. The topological polar surface area (TPSA) is 97.6 Å². The molecule has 2 amide bonds. The van der Waals surface area contributed by atoms with E-state index in [4.69, 9.17) is 9.15 Å². The summed E-state index contributed by atoms with van der Waals surface area (Å²) in [6, 6.07) is 15.2. The Hall–Kier alpha value is -3.13. The second-order valence-electron chi connectivity index (χ2n) is 5.64. The van der Waals surface area contributed by atoms with Gasteiger partial charge in [0, 0.05) is 9.86 Å². The third-order valence-electron chi connectivity index (χ3n) is 3.68. The molecule has 138 valence electrons. The summed E-state index contributed by atoms with van der Waals surface area (Å²) < 4.78 is 11.5. The van der Waals surface area contributed by atoms with E-state index >= 15 is 0 Å². The molecule has 1 atom stereocenters. The fourth-order valence-electron chi connectivity index (χ4n) is 2.28. The number of hydrogen-bond donors (Lipinski definition) is 2. The Morgan fingerprint density at radius 2 is 1.78 bits per heavy atom. The maximum atomic E-state index is 12.2. The zero-order valence-corrected chi connectivity index (χ0v) is 15.8. The Bertz CT molecular complexity index is 1050. The van der Waals surface area contributed by atoms with Gasteiger partial charge in [0.05, 0.1) is 0 Å². The van der Waals surface area contributed by atoms with Gasteiger partial charge in [-0.3, -0.25) is 20.4 Å². The van der Waals surface area contributed by atoms with Crippen molar-refractivity contribution in [2.75, 3.05) is 0 Å². The largest absolute Gasteiger partial charge is 0.481 e. The van der Waals surface area contributed by atoms with Gasteiger partial charge in [-0.15, -0.1) is 0 Å². The molecule has 1 unspecified atom stereocenters. The predicted octanol–water partition coefficient (Wildman–Crippen LogP) is 2.78. The summed E-state index contributed by atoms with van der Waals surface area (Å²) in [5, 5.41) is 0.598. The van der Waals surface area contributed by atoms with Gasteiger partial charge >= 0.3 is 5.63 Å². The third-order valence-corrected chi connectivity index (χ3v) is 4.21. The molecule has 0 spiro atoms. The first-order valence-corrected chi connectivity index (χ1v) is 8.78. The van der Waals surface area contributed by atoms with Gasteiger partial charge in [-0.1, -0.05) is 34.1 Å². The highest BCUT2D eigenvalue weighted by Crippen LogP contribution is 2.17. The van der Waals surface area contributed by atoms with Crippen molar-refractivity contribution >= 4 is 38.7 Å². The standard InChI is InChI=1S/C19H15BrN2O5/c1-11(26-14-8-6-13(20)7-9-14)17(23)21-22-18(24)15-10-12-4-2-3-5-16(12)27-19(15)25/h2-11H,1H3,(H,21,23)(H,22,24). The van der Waals surface area contributed by atoms with Crippen LogP contribution < -0.4 is 21.2 Å². The second kappa shape index (κ2) is 8.05. The van der Waals surface area contributed by atoms with E-state index in [1.807, 2.05) is 0 Å². The number of fused-ring (bicyclic) bond motifs is 1. The van der Waals surface area contributed by atoms with Gasteiger partial charge < -0.3 is 9.15 Å². The molecule has 27 heavy (non-hydrogen) atoms. The Balaban J connectivity index is 1.63. The zero-order valence-electron chi connectivity index (χ0n) is 14.2. The van der Waals surface area contributed by atoms with Crippen molar-refractivity contribution in [2.45, 2.75) is 13.0 Å². The van der Waals surface area contributed by atoms with Crippen molar-refractivity contribution in [3.63, 3.8) is 0 Å². The lowest BCUT2D eigenvalue weighted by atomic mass is 10.2. The molecule has 0 saturated heterocycles. The van der Waals surface area contributed by atoms with Crippen LogP contribution in [0.15, 0.2) is 68.3 Å². The van der Waals surface area contributed by atoms with Gasteiger partial charge in [0.1, 0.15) is 16.9 Å². The van der Waals surface area contributed by atoms with Crippen LogP contribution in [0.4, 0.5) is 0 Å². The molecule has 0 saturated carbocycles. The fourth-order valence-corrected chi connectivity index (χ4v) is 2.54. The highest BCUT2D eigenvalue weighted by Gasteiger charge is 2.18. The number of nitrogens with one attached hydrogen (secondary N) is 2. The lowest BCUT2D eigenvalue weighted by molar-refractivity contribution is -0.128. The SMILES string of the molecule is CC(Oc1ccc(Br)cc1)C(=O)NNC(=O)c1cc2ccccc2oc1=O. The summed E-state index contributed by atoms with van der Waals surface area (Å²) in [5.74, 6) is -0.850. The molecule has 3 rings (SSSR count). The van der Waals surface area contributed by atoms with Crippen molar-refractivity contribution in [3.05, 3.63) is 75.1 Å². The number of amides is 2. The van der Waals surface area contributed by atoms with Crippen molar-refractivity contribution in [1.82, 2.24) is 10.9 Å². The van der Waals surface area contributed by atoms with E-state index in [0.717, 1.165) is 4.47 Å². The molecule has 0 aliphatic heterocycles. The number of carbonyl (C=O) groups is 2. The van der Waals surface area contributed by atoms with E-state index < -0.39 is 23.5 Å². The van der Waals surface area contributed by atoms with Crippen LogP contribution in [0.25, 0.3) is 11.0 Å². The molecular weight excluding hydrogens is 416 g/mol. The molecule has 1 aromatic heterocycles. The molecule has 1 heterocycles. The number of hydrazine groups is 1. The minimum Gasteiger partial charge on any atom is -0.481 e. The van der Waals surface area contributed by atoms with Crippen LogP contribution in [0.1, 0.15) is 17.3 Å².